The van der Waals surface area contributed by atoms with Crippen molar-refractivity contribution in [2.24, 2.45) is 0 Å². The van der Waals surface area contributed by atoms with Crippen LogP contribution in [0, 0.1) is 24.6 Å². The Balaban J connectivity index is 2.26. The van der Waals surface area contributed by atoms with Gasteiger partial charge < -0.3 is 5.73 Å². The molecule has 0 spiro atoms. The predicted molar refractivity (Wildman–Crippen MR) is 65.8 cm³/mol. The number of nitrogens with two attached hydrogens (primary N) is 1. The Morgan fingerprint density at radius 1 is 1.12 bits per heavy atom. The standard InChI is InChI=1S/C14H11FN2/c1-10-8-12(9-17-14(10)16)3-2-11-4-6-13(15)7-5-11/h4-9H,1H3,(H2,16,17). The lowest BCUT2D eigenvalue weighted by atomic mass is 10.2. The zero-order valence-electron chi connectivity index (χ0n) is 9.37. The van der Waals surface area contributed by atoms with E-state index in [1.54, 1.807) is 18.3 Å². The number of nitrogen functional groups attached to an aromatic ring is 1. The van der Waals surface area contributed by atoms with Gasteiger partial charge in [-0.05, 0) is 42.8 Å². The summed E-state index contributed by atoms with van der Waals surface area (Å²) in [4.78, 5) is 4.02. The number of aryl methyl sites for hydroxylation is 1. The van der Waals surface area contributed by atoms with E-state index in [-0.39, 0.29) is 5.82 Å². The summed E-state index contributed by atoms with van der Waals surface area (Å²) in [5.74, 6) is 6.14. The number of pyridine rings is 1. The van der Waals surface area contributed by atoms with Gasteiger partial charge in [-0.3, -0.25) is 0 Å². The van der Waals surface area contributed by atoms with E-state index in [0.29, 0.717) is 5.82 Å². The Hall–Kier alpha value is -2.34. The number of benzene rings is 1. The minimum absolute atomic E-state index is 0.263. The third kappa shape index (κ3) is 2.82. The fraction of sp³-hybridized carbons (Fsp3) is 0.0714. The van der Waals surface area contributed by atoms with Crippen molar-refractivity contribution in [1.29, 1.82) is 0 Å². The molecule has 2 nitrogen and oxygen atoms in total. The average Bonchev–Trinajstić information content (AvgIpc) is 2.33. The molecule has 17 heavy (non-hydrogen) atoms. The maximum absolute atomic E-state index is 12.7. The molecule has 0 atom stereocenters. The molecule has 2 N–H and O–H groups in total. The first-order valence-electron chi connectivity index (χ1n) is 5.15. The molecular formula is C14H11FN2. The van der Waals surface area contributed by atoms with Crippen molar-refractivity contribution in [3.05, 3.63) is 59.0 Å². The van der Waals surface area contributed by atoms with Crippen LogP contribution in [-0.2, 0) is 0 Å². The molecule has 3 heteroatoms. The average molecular weight is 226 g/mol. The third-order valence-corrected chi connectivity index (χ3v) is 2.31. The summed E-state index contributed by atoms with van der Waals surface area (Å²) in [7, 11) is 0. The highest BCUT2D eigenvalue weighted by Crippen LogP contribution is 2.08. The molecule has 0 bridgehead atoms. The van der Waals surface area contributed by atoms with Crippen LogP contribution in [0.25, 0.3) is 0 Å². The maximum atomic E-state index is 12.7. The van der Waals surface area contributed by atoms with E-state index in [1.165, 1.54) is 12.1 Å². The lowest BCUT2D eigenvalue weighted by molar-refractivity contribution is 0.627. The summed E-state index contributed by atoms with van der Waals surface area (Å²) in [5, 5.41) is 0. The van der Waals surface area contributed by atoms with Gasteiger partial charge in [-0.15, -0.1) is 0 Å². The highest BCUT2D eigenvalue weighted by molar-refractivity contribution is 5.47. The van der Waals surface area contributed by atoms with E-state index in [1.807, 2.05) is 13.0 Å². The van der Waals surface area contributed by atoms with Crippen molar-refractivity contribution in [3.8, 4) is 11.8 Å². The van der Waals surface area contributed by atoms with Crippen LogP contribution in [-0.4, -0.2) is 4.98 Å². The van der Waals surface area contributed by atoms with Crippen molar-refractivity contribution in [1.82, 2.24) is 4.98 Å². The van der Waals surface area contributed by atoms with Gasteiger partial charge in [-0.1, -0.05) is 11.8 Å². The minimum Gasteiger partial charge on any atom is -0.383 e. The number of hydrogen-bond acceptors (Lipinski definition) is 2. The molecule has 0 unspecified atom stereocenters. The van der Waals surface area contributed by atoms with Gasteiger partial charge in [0, 0.05) is 17.3 Å². The predicted octanol–water partition coefficient (Wildman–Crippen LogP) is 2.51. The number of anilines is 1. The van der Waals surface area contributed by atoms with Gasteiger partial charge in [0.2, 0.25) is 0 Å². The van der Waals surface area contributed by atoms with Gasteiger partial charge in [0.1, 0.15) is 11.6 Å². The van der Waals surface area contributed by atoms with E-state index in [0.717, 1.165) is 16.7 Å². The fourth-order valence-corrected chi connectivity index (χ4v) is 1.33. The summed E-state index contributed by atoms with van der Waals surface area (Å²) in [5.41, 5.74) is 8.07. The first-order chi connectivity index (χ1) is 8.15. The van der Waals surface area contributed by atoms with Gasteiger partial charge in [0.25, 0.3) is 0 Å². The third-order valence-electron chi connectivity index (χ3n) is 2.31. The molecule has 0 aliphatic carbocycles. The second kappa shape index (κ2) is 4.67. The van der Waals surface area contributed by atoms with Crippen molar-refractivity contribution in [3.63, 3.8) is 0 Å². The molecule has 0 aliphatic rings. The first kappa shape index (κ1) is 11.2. The minimum atomic E-state index is -0.263. The van der Waals surface area contributed by atoms with E-state index < -0.39 is 0 Å². The van der Waals surface area contributed by atoms with Crippen molar-refractivity contribution in [2.45, 2.75) is 6.92 Å². The molecule has 84 valence electrons. The summed E-state index contributed by atoms with van der Waals surface area (Å²) in [6.45, 7) is 1.88. The Morgan fingerprint density at radius 2 is 1.76 bits per heavy atom. The molecule has 0 fully saturated rings. The van der Waals surface area contributed by atoms with Crippen LogP contribution in [0.3, 0.4) is 0 Å². The second-order valence-electron chi connectivity index (χ2n) is 3.68. The molecule has 0 saturated carbocycles. The quantitative estimate of drug-likeness (QED) is 0.701. The SMILES string of the molecule is Cc1cc(C#Cc2ccc(F)cc2)cnc1N. The van der Waals surface area contributed by atoms with Gasteiger partial charge in [-0.25, -0.2) is 9.37 Å². The number of hydrogen-bond donors (Lipinski definition) is 1. The van der Waals surface area contributed by atoms with Crippen LogP contribution in [0.4, 0.5) is 10.2 Å². The molecule has 2 rings (SSSR count). The second-order valence-corrected chi connectivity index (χ2v) is 3.68. The van der Waals surface area contributed by atoms with Crippen LogP contribution in [0.5, 0.6) is 0 Å². The Bertz CT molecular complexity index is 592. The van der Waals surface area contributed by atoms with Gasteiger partial charge in [0.05, 0.1) is 0 Å². The summed E-state index contributed by atoms with van der Waals surface area (Å²) >= 11 is 0. The first-order valence-corrected chi connectivity index (χ1v) is 5.15. The van der Waals surface area contributed by atoms with Gasteiger partial charge >= 0.3 is 0 Å². The van der Waals surface area contributed by atoms with Gasteiger partial charge in [-0.2, -0.15) is 0 Å². The lowest BCUT2D eigenvalue weighted by Crippen LogP contribution is -1.93. The number of halogens is 1. The Kier molecular flexibility index (Phi) is 3.06. The summed E-state index contributed by atoms with van der Waals surface area (Å²) in [6.07, 6.45) is 1.62. The topological polar surface area (TPSA) is 38.9 Å². The monoisotopic (exact) mass is 226 g/mol. The summed E-state index contributed by atoms with van der Waals surface area (Å²) < 4.78 is 12.7. The molecule has 1 heterocycles. The molecule has 0 radical (unpaired) electrons. The molecular weight excluding hydrogens is 215 g/mol. The molecule has 0 saturated heterocycles. The van der Waals surface area contributed by atoms with Crippen molar-refractivity contribution >= 4 is 5.82 Å². The zero-order chi connectivity index (χ0) is 12.3. The molecule has 0 aliphatic heterocycles. The molecule has 1 aromatic carbocycles. The van der Waals surface area contributed by atoms with E-state index in [4.69, 9.17) is 5.73 Å². The number of rotatable bonds is 0. The van der Waals surface area contributed by atoms with Crippen molar-refractivity contribution in [2.75, 3.05) is 5.73 Å². The van der Waals surface area contributed by atoms with Crippen LogP contribution < -0.4 is 5.73 Å². The van der Waals surface area contributed by atoms with Crippen LogP contribution >= 0.6 is 0 Å². The molecule has 0 amide bonds. The highest BCUT2D eigenvalue weighted by Gasteiger charge is 1.95. The lowest BCUT2D eigenvalue weighted by Gasteiger charge is -1.97. The summed E-state index contributed by atoms with van der Waals surface area (Å²) in [6, 6.07) is 7.92. The van der Waals surface area contributed by atoms with E-state index in [2.05, 4.69) is 16.8 Å². The Morgan fingerprint density at radius 3 is 2.41 bits per heavy atom. The smallest absolute Gasteiger partial charge is 0.126 e. The van der Waals surface area contributed by atoms with E-state index in [9.17, 15) is 4.39 Å². The van der Waals surface area contributed by atoms with Crippen LogP contribution in [0.15, 0.2) is 36.5 Å². The number of aromatic nitrogens is 1. The van der Waals surface area contributed by atoms with Gasteiger partial charge in [0.15, 0.2) is 0 Å². The van der Waals surface area contributed by atoms with Crippen LogP contribution in [0.2, 0.25) is 0 Å². The van der Waals surface area contributed by atoms with Crippen LogP contribution in [0.1, 0.15) is 16.7 Å². The largest absolute Gasteiger partial charge is 0.383 e. The zero-order valence-corrected chi connectivity index (χ0v) is 9.37. The molecule has 1 aromatic heterocycles. The van der Waals surface area contributed by atoms with Crippen molar-refractivity contribution < 1.29 is 4.39 Å². The fourth-order valence-electron chi connectivity index (χ4n) is 1.33. The number of nitrogens with zero attached hydrogens (tertiary/aromatic N) is 1. The highest BCUT2D eigenvalue weighted by atomic mass is 19.1. The molecule has 2 aromatic rings. The normalized spacial score (nSPS) is 9.53. The Labute approximate surface area is 99.3 Å². The van der Waals surface area contributed by atoms with E-state index >= 15 is 0 Å². The maximum Gasteiger partial charge on any atom is 0.126 e.